The number of hydrogen-bond acceptors (Lipinski definition) is 2. The molecule has 0 unspecified atom stereocenters. The third-order valence-corrected chi connectivity index (χ3v) is 3.57. The van der Waals surface area contributed by atoms with Crippen LogP contribution in [0.4, 0.5) is 11.4 Å². The van der Waals surface area contributed by atoms with E-state index in [1.165, 1.54) is 0 Å². The number of nitrogen functional groups attached to an aromatic ring is 1. The van der Waals surface area contributed by atoms with E-state index in [0.717, 1.165) is 15.7 Å². The lowest BCUT2D eigenvalue weighted by molar-refractivity contribution is 0.0992. The van der Waals surface area contributed by atoms with Crippen molar-refractivity contribution in [1.82, 2.24) is 0 Å². The van der Waals surface area contributed by atoms with Gasteiger partial charge in [-0.05, 0) is 58.7 Å². The SMILES string of the molecule is Cc1ccc(C(=O)N(C)c2cccc(N)c2)c(Br)c1. The average Bonchev–Trinajstić information content (AvgIpc) is 2.37. The number of benzene rings is 2. The summed E-state index contributed by atoms with van der Waals surface area (Å²) in [5.74, 6) is -0.0718. The van der Waals surface area contributed by atoms with Crippen molar-refractivity contribution in [3.63, 3.8) is 0 Å². The largest absolute Gasteiger partial charge is 0.399 e. The van der Waals surface area contributed by atoms with E-state index < -0.39 is 0 Å². The standard InChI is InChI=1S/C15H15BrN2O/c1-10-6-7-13(14(16)8-10)15(19)18(2)12-5-3-4-11(17)9-12/h3-9H,17H2,1-2H3. The quantitative estimate of drug-likeness (QED) is 0.860. The van der Waals surface area contributed by atoms with Gasteiger partial charge in [0.15, 0.2) is 0 Å². The Morgan fingerprint density at radius 2 is 1.95 bits per heavy atom. The van der Waals surface area contributed by atoms with Crippen LogP contribution in [0.15, 0.2) is 46.9 Å². The first-order valence-electron chi connectivity index (χ1n) is 5.89. The molecule has 1 amide bonds. The highest BCUT2D eigenvalue weighted by atomic mass is 79.9. The third kappa shape index (κ3) is 2.96. The van der Waals surface area contributed by atoms with Gasteiger partial charge in [-0.25, -0.2) is 0 Å². The molecule has 3 nitrogen and oxygen atoms in total. The van der Waals surface area contributed by atoms with Gasteiger partial charge in [-0.1, -0.05) is 12.1 Å². The number of halogens is 1. The molecule has 19 heavy (non-hydrogen) atoms. The lowest BCUT2D eigenvalue weighted by Crippen LogP contribution is -2.26. The van der Waals surface area contributed by atoms with Crippen LogP contribution in [-0.4, -0.2) is 13.0 Å². The molecule has 0 atom stereocenters. The van der Waals surface area contributed by atoms with Gasteiger partial charge in [0.25, 0.3) is 5.91 Å². The van der Waals surface area contributed by atoms with E-state index in [1.807, 2.05) is 37.3 Å². The van der Waals surface area contributed by atoms with E-state index >= 15 is 0 Å². The second-order valence-corrected chi connectivity index (χ2v) is 5.30. The average molecular weight is 319 g/mol. The van der Waals surface area contributed by atoms with Gasteiger partial charge in [0.05, 0.1) is 5.56 Å². The summed E-state index contributed by atoms with van der Waals surface area (Å²) in [7, 11) is 1.74. The van der Waals surface area contributed by atoms with Crippen molar-refractivity contribution in [2.45, 2.75) is 6.92 Å². The Hall–Kier alpha value is -1.81. The highest BCUT2D eigenvalue weighted by Gasteiger charge is 2.16. The predicted molar refractivity (Wildman–Crippen MR) is 82.5 cm³/mol. The fourth-order valence-corrected chi connectivity index (χ4v) is 2.49. The van der Waals surface area contributed by atoms with Gasteiger partial charge in [0.2, 0.25) is 0 Å². The first kappa shape index (κ1) is 13.6. The van der Waals surface area contributed by atoms with Gasteiger partial charge in [0, 0.05) is 22.9 Å². The molecule has 0 aliphatic heterocycles. The number of nitrogens with two attached hydrogens (primary N) is 1. The summed E-state index contributed by atoms with van der Waals surface area (Å²) >= 11 is 3.43. The lowest BCUT2D eigenvalue weighted by Gasteiger charge is -2.18. The molecule has 0 heterocycles. The molecule has 0 aromatic heterocycles. The Labute approximate surface area is 121 Å². The van der Waals surface area contributed by atoms with Crippen molar-refractivity contribution in [2.75, 3.05) is 17.7 Å². The van der Waals surface area contributed by atoms with E-state index in [4.69, 9.17) is 5.73 Å². The lowest BCUT2D eigenvalue weighted by atomic mass is 10.1. The molecular formula is C15H15BrN2O. The fraction of sp³-hybridized carbons (Fsp3) is 0.133. The van der Waals surface area contributed by atoms with Crippen molar-refractivity contribution < 1.29 is 4.79 Å². The van der Waals surface area contributed by atoms with Gasteiger partial charge >= 0.3 is 0 Å². The molecule has 0 saturated heterocycles. The molecule has 0 bridgehead atoms. The van der Waals surface area contributed by atoms with Crippen LogP contribution in [-0.2, 0) is 0 Å². The summed E-state index contributed by atoms with van der Waals surface area (Å²) in [6.45, 7) is 1.99. The van der Waals surface area contributed by atoms with Crippen LogP contribution in [0.1, 0.15) is 15.9 Å². The number of anilines is 2. The zero-order valence-corrected chi connectivity index (χ0v) is 12.4. The molecule has 2 aromatic carbocycles. The molecule has 0 saturated carbocycles. The van der Waals surface area contributed by atoms with Crippen molar-refractivity contribution in [3.8, 4) is 0 Å². The van der Waals surface area contributed by atoms with E-state index in [9.17, 15) is 4.79 Å². The molecular weight excluding hydrogens is 304 g/mol. The molecule has 2 aromatic rings. The maximum atomic E-state index is 12.4. The summed E-state index contributed by atoms with van der Waals surface area (Å²) in [4.78, 5) is 14.0. The first-order valence-corrected chi connectivity index (χ1v) is 6.68. The molecule has 0 fully saturated rings. The predicted octanol–water partition coefficient (Wildman–Crippen LogP) is 3.62. The first-order chi connectivity index (χ1) is 8.99. The van der Waals surface area contributed by atoms with Crippen molar-refractivity contribution in [1.29, 1.82) is 0 Å². The van der Waals surface area contributed by atoms with Gasteiger partial charge in [-0.2, -0.15) is 0 Å². The molecule has 98 valence electrons. The summed E-state index contributed by atoms with van der Waals surface area (Å²) < 4.78 is 0.799. The Balaban J connectivity index is 2.33. The number of rotatable bonds is 2. The van der Waals surface area contributed by atoms with Crippen LogP contribution < -0.4 is 10.6 Å². The molecule has 0 spiro atoms. The number of amides is 1. The van der Waals surface area contributed by atoms with Crippen molar-refractivity contribution in [3.05, 3.63) is 58.1 Å². The third-order valence-electron chi connectivity index (χ3n) is 2.92. The Morgan fingerprint density at radius 1 is 1.21 bits per heavy atom. The second kappa shape index (κ2) is 5.45. The Morgan fingerprint density at radius 3 is 2.58 bits per heavy atom. The minimum atomic E-state index is -0.0718. The van der Waals surface area contributed by atoms with Gasteiger partial charge in [-0.3, -0.25) is 4.79 Å². The van der Waals surface area contributed by atoms with Gasteiger partial charge < -0.3 is 10.6 Å². The van der Waals surface area contributed by atoms with E-state index in [2.05, 4.69) is 15.9 Å². The maximum Gasteiger partial charge on any atom is 0.259 e. The minimum Gasteiger partial charge on any atom is -0.399 e. The van der Waals surface area contributed by atoms with Crippen LogP contribution in [0.2, 0.25) is 0 Å². The van der Waals surface area contributed by atoms with Gasteiger partial charge in [0.1, 0.15) is 0 Å². The van der Waals surface area contributed by atoms with Crippen LogP contribution in [0.5, 0.6) is 0 Å². The Kier molecular flexibility index (Phi) is 3.90. The maximum absolute atomic E-state index is 12.4. The summed E-state index contributed by atoms with van der Waals surface area (Å²) in [6.07, 6.45) is 0. The summed E-state index contributed by atoms with van der Waals surface area (Å²) in [6, 6.07) is 12.9. The fourth-order valence-electron chi connectivity index (χ4n) is 1.82. The molecule has 2 rings (SSSR count). The van der Waals surface area contributed by atoms with Crippen LogP contribution in [0, 0.1) is 6.92 Å². The van der Waals surface area contributed by atoms with Crippen LogP contribution >= 0.6 is 15.9 Å². The topological polar surface area (TPSA) is 46.3 Å². The number of aryl methyl sites for hydroxylation is 1. The van der Waals surface area contributed by atoms with Crippen molar-refractivity contribution >= 4 is 33.2 Å². The highest BCUT2D eigenvalue weighted by molar-refractivity contribution is 9.10. The molecule has 4 heteroatoms. The molecule has 0 aliphatic carbocycles. The van der Waals surface area contributed by atoms with E-state index in [-0.39, 0.29) is 5.91 Å². The van der Waals surface area contributed by atoms with Crippen LogP contribution in [0.3, 0.4) is 0 Å². The second-order valence-electron chi connectivity index (χ2n) is 4.44. The monoisotopic (exact) mass is 318 g/mol. The van der Waals surface area contributed by atoms with Crippen molar-refractivity contribution in [2.24, 2.45) is 0 Å². The highest BCUT2D eigenvalue weighted by Crippen LogP contribution is 2.23. The molecule has 0 aliphatic rings. The van der Waals surface area contributed by atoms with Crippen LogP contribution in [0.25, 0.3) is 0 Å². The zero-order valence-electron chi connectivity index (χ0n) is 10.9. The minimum absolute atomic E-state index is 0.0718. The number of carbonyl (C=O) groups excluding carboxylic acids is 1. The molecule has 2 N–H and O–H groups in total. The van der Waals surface area contributed by atoms with Gasteiger partial charge in [-0.15, -0.1) is 0 Å². The number of hydrogen-bond donors (Lipinski definition) is 1. The van der Waals surface area contributed by atoms with E-state index in [1.54, 1.807) is 24.1 Å². The summed E-state index contributed by atoms with van der Waals surface area (Å²) in [5.41, 5.74) is 8.89. The Bertz CT molecular complexity index is 625. The molecule has 0 radical (unpaired) electrons. The van der Waals surface area contributed by atoms with E-state index in [0.29, 0.717) is 11.3 Å². The zero-order chi connectivity index (χ0) is 14.0. The smallest absolute Gasteiger partial charge is 0.259 e. The normalized spacial score (nSPS) is 10.3. The number of nitrogens with zero attached hydrogens (tertiary/aromatic N) is 1. The summed E-state index contributed by atoms with van der Waals surface area (Å²) in [5, 5.41) is 0. The number of carbonyl (C=O) groups is 1.